The first-order chi connectivity index (χ1) is 11.7. The van der Waals surface area contributed by atoms with Gasteiger partial charge in [0.1, 0.15) is 17.4 Å². The molecule has 0 amide bonds. The van der Waals surface area contributed by atoms with Crippen LogP contribution in [0, 0.1) is 0 Å². The molecule has 0 saturated carbocycles. The minimum absolute atomic E-state index is 0.135. The lowest BCUT2D eigenvalue weighted by molar-refractivity contribution is 0.191. The molecule has 1 aromatic carbocycles. The summed E-state index contributed by atoms with van der Waals surface area (Å²) in [6.07, 6.45) is 3.32. The molecule has 0 unspecified atom stereocenters. The van der Waals surface area contributed by atoms with Crippen molar-refractivity contribution in [2.45, 2.75) is 12.6 Å². The fraction of sp³-hybridized carbons (Fsp3) is 0.294. The smallest absolute Gasteiger partial charge is 0.154 e. The van der Waals surface area contributed by atoms with Crippen LogP contribution in [0.2, 0.25) is 0 Å². The van der Waals surface area contributed by atoms with E-state index in [1.165, 1.54) is 6.33 Å². The lowest BCUT2D eigenvalue weighted by Crippen LogP contribution is -2.37. The summed E-state index contributed by atoms with van der Waals surface area (Å²) < 4.78 is 0. The van der Waals surface area contributed by atoms with Gasteiger partial charge < -0.3 is 25.4 Å². The number of likely N-dealkylation sites (N-methyl/N-ethyl adjacent to an activating group) is 1. The molecular formula is C17H21N5O2. The number of H-pyrrole nitrogens is 1. The Kier molecular flexibility index (Phi) is 4.93. The number of hydrogen-bond acceptors (Lipinski definition) is 6. The van der Waals surface area contributed by atoms with Crippen LogP contribution in [-0.4, -0.2) is 51.5 Å². The van der Waals surface area contributed by atoms with Gasteiger partial charge in [-0.15, -0.1) is 0 Å². The number of aliphatic hydroxyl groups is 2. The number of benzene rings is 1. The van der Waals surface area contributed by atoms with E-state index in [4.69, 9.17) is 0 Å². The standard InChI is InChI=1S/C17H21N5O2/c1-22(13(9-23)10-24)14-8-18-16-15(14)20-11-21-17(16)19-7-12-5-3-2-4-6-12/h2-6,8,11,13,18,23-24H,7,9-10H2,1H3,(H,19,20,21). The van der Waals surface area contributed by atoms with Crippen LogP contribution in [0.15, 0.2) is 42.9 Å². The van der Waals surface area contributed by atoms with E-state index < -0.39 is 0 Å². The molecule has 0 fully saturated rings. The molecular weight excluding hydrogens is 306 g/mol. The highest BCUT2D eigenvalue weighted by atomic mass is 16.3. The van der Waals surface area contributed by atoms with E-state index in [9.17, 15) is 10.2 Å². The number of nitrogens with one attached hydrogen (secondary N) is 2. The van der Waals surface area contributed by atoms with E-state index in [1.54, 1.807) is 0 Å². The van der Waals surface area contributed by atoms with E-state index >= 15 is 0 Å². The van der Waals surface area contributed by atoms with Gasteiger partial charge in [-0.3, -0.25) is 0 Å². The number of hydrogen-bond donors (Lipinski definition) is 4. The van der Waals surface area contributed by atoms with Crippen LogP contribution in [0.4, 0.5) is 11.5 Å². The second kappa shape index (κ2) is 7.29. The van der Waals surface area contributed by atoms with Crippen molar-refractivity contribution in [3.8, 4) is 0 Å². The van der Waals surface area contributed by atoms with Crippen molar-refractivity contribution in [1.82, 2.24) is 15.0 Å². The van der Waals surface area contributed by atoms with Crippen LogP contribution in [0.5, 0.6) is 0 Å². The topological polar surface area (TPSA) is 97.3 Å². The van der Waals surface area contributed by atoms with E-state index in [-0.39, 0.29) is 19.3 Å². The molecule has 0 aliphatic rings. The summed E-state index contributed by atoms with van der Waals surface area (Å²) >= 11 is 0. The molecule has 0 bridgehead atoms. The van der Waals surface area contributed by atoms with Gasteiger partial charge in [0.2, 0.25) is 0 Å². The maximum Gasteiger partial charge on any atom is 0.154 e. The molecule has 7 heteroatoms. The molecule has 4 N–H and O–H groups in total. The monoisotopic (exact) mass is 327 g/mol. The van der Waals surface area contributed by atoms with Crippen LogP contribution in [0.25, 0.3) is 11.0 Å². The third-order valence-corrected chi connectivity index (χ3v) is 4.10. The number of aromatic amines is 1. The minimum Gasteiger partial charge on any atom is -0.394 e. The van der Waals surface area contributed by atoms with Gasteiger partial charge >= 0.3 is 0 Å². The van der Waals surface area contributed by atoms with Gasteiger partial charge in [0, 0.05) is 19.8 Å². The molecule has 0 atom stereocenters. The predicted molar refractivity (Wildman–Crippen MR) is 94.0 cm³/mol. The molecule has 7 nitrogen and oxygen atoms in total. The number of fused-ring (bicyclic) bond motifs is 1. The number of anilines is 2. The summed E-state index contributed by atoms with van der Waals surface area (Å²) in [6, 6.07) is 9.70. The summed E-state index contributed by atoms with van der Waals surface area (Å²) in [6.45, 7) is 0.390. The molecule has 0 radical (unpaired) electrons. The third-order valence-electron chi connectivity index (χ3n) is 4.10. The molecule has 0 saturated heterocycles. The quantitative estimate of drug-likeness (QED) is 0.523. The fourth-order valence-corrected chi connectivity index (χ4v) is 2.61. The summed E-state index contributed by atoms with van der Waals surface area (Å²) in [5.41, 5.74) is 3.51. The largest absolute Gasteiger partial charge is 0.394 e. The first-order valence-electron chi connectivity index (χ1n) is 7.79. The van der Waals surface area contributed by atoms with Crippen LogP contribution in [0.1, 0.15) is 5.56 Å². The maximum absolute atomic E-state index is 9.38. The summed E-state index contributed by atoms with van der Waals surface area (Å²) in [5, 5.41) is 22.1. The Bertz CT molecular complexity index is 786. The zero-order valence-corrected chi connectivity index (χ0v) is 13.5. The van der Waals surface area contributed by atoms with Crippen molar-refractivity contribution in [3.63, 3.8) is 0 Å². The number of rotatable bonds is 7. The van der Waals surface area contributed by atoms with Gasteiger partial charge in [0.05, 0.1) is 24.9 Å². The highest BCUT2D eigenvalue weighted by Crippen LogP contribution is 2.28. The van der Waals surface area contributed by atoms with E-state index in [1.807, 2.05) is 48.5 Å². The Morgan fingerprint density at radius 1 is 1.17 bits per heavy atom. The molecule has 0 spiro atoms. The van der Waals surface area contributed by atoms with Crippen molar-refractivity contribution in [3.05, 3.63) is 48.4 Å². The van der Waals surface area contributed by atoms with Gasteiger partial charge in [-0.1, -0.05) is 30.3 Å². The first-order valence-corrected chi connectivity index (χ1v) is 7.79. The molecule has 24 heavy (non-hydrogen) atoms. The first kappa shape index (κ1) is 16.2. The summed E-state index contributed by atoms with van der Waals surface area (Å²) in [7, 11) is 1.82. The highest BCUT2D eigenvalue weighted by molar-refractivity contribution is 5.95. The Labute approximate surface area is 140 Å². The third kappa shape index (κ3) is 3.17. The van der Waals surface area contributed by atoms with E-state index in [2.05, 4.69) is 20.3 Å². The van der Waals surface area contributed by atoms with Gasteiger partial charge in [-0.25, -0.2) is 9.97 Å². The van der Waals surface area contributed by atoms with Crippen molar-refractivity contribution in [2.75, 3.05) is 30.5 Å². The summed E-state index contributed by atoms with van der Waals surface area (Å²) in [4.78, 5) is 13.6. The normalized spacial score (nSPS) is 11.2. The predicted octanol–water partition coefficient (Wildman–Crippen LogP) is 1.36. The lowest BCUT2D eigenvalue weighted by atomic mass is 10.2. The average molecular weight is 327 g/mol. The fourth-order valence-electron chi connectivity index (χ4n) is 2.61. The van der Waals surface area contributed by atoms with Gasteiger partial charge in [0.25, 0.3) is 0 Å². The molecule has 2 aromatic heterocycles. The molecule has 3 rings (SSSR count). The Balaban J connectivity index is 1.86. The summed E-state index contributed by atoms with van der Waals surface area (Å²) in [5.74, 6) is 0.716. The molecule has 3 aromatic rings. The zero-order valence-electron chi connectivity index (χ0n) is 13.5. The van der Waals surface area contributed by atoms with Gasteiger partial charge in [0.15, 0.2) is 5.82 Å². The van der Waals surface area contributed by atoms with Gasteiger partial charge in [-0.2, -0.15) is 0 Å². The number of nitrogens with zero attached hydrogens (tertiary/aromatic N) is 3. The highest BCUT2D eigenvalue weighted by Gasteiger charge is 2.18. The van der Waals surface area contributed by atoms with Crippen LogP contribution >= 0.6 is 0 Å². The van der Waals surface area contributed by atoms with Crippen LogP contribution in [-0.2, 0) is 6.54 Å². The number of aliphatic hydroxyl groups excluding tert-OH is 2. The van der Waals surface area contributed by atoms with Crippen molar-refractivity contribution in [1.29, 1.82) is 0 Å². The van der Waals surface area contributed by atoms with Gasteiger partial charge in [-0.05, 0) is 5.56 Å². The van der Waals surface area contributed by atoms with Crippen molar-refractivity contribution in [2.24, 2.45) is 0 Å². The van der Waals surface area contributed by atoms with Crippen LogP contribution < -0.4 is 10.2 Å². The molecule has 0 aliphatic carbocycles. The average Bonchev–Trinajstić information content (AvgIpc) is 3.06. The Morgan fingerprint density at radius 2 is 1.92 bits per heavy atom. The zero-order chi connectivity index (χ0) is 16.9. The van der Waals surface area contributed by atoms with E-state index in [0.717, 1.165) is 22.3 Å². The molecule has 2 heterocycles. The minimum atomic E-state index is -0.375. The second-order valence-corrected chi connectivity index (χ2v) is 5.59. The lowest BCUT2D eigenvalue weighted by Gasteiger charge is -2.25. The van der Waals surface area contributed by atoms with E-state index in [0.29, 0.717) is 12.4 Å². The van der Waals surface area contributed by atoms with Crippen molar-refractivity contribution < 1.29 is 10.2 Å². The Hall–Kier alpha value is -2.64. The van der Waals surface area contributed by atoms with Crippen molar-refractivity contribution >= 4 is 22.5 Å². The molecule has 0 aliphatic heterocycles. The second-order valence-electron chi connectivity index (χ2n) is 5.59. The maximum atomic E-state index is 9.38. The SMILES string of the molecule is CN(c1c[nH]c2c(NCc3ccccc3)ncnc12)C(CO)CO. The van der Waals surface area contributed by atoms with Crippen LogP contribution in [0.3, 0.4) is 0 Å². The number of aromatic nitrogens is 3. The Morgan fingerprint density at radius 3 is 2.62 bits per heavy atom. The molecule has 126 valence electrons.